The Kier molecular flexibility index (Phi) is 12.2. The second kappa shape index (κ2) is 16.9. The van der Waals surface area contributed by atoms with Gasteiger partial charge < -0.3 is 0 Å². The molecule has 0 fully saturated rings. The van der Waals surface area contributed by atoms with Gasteiger partial charge >= 0.3 is 0 Å². The second-order valence-electron chi connectivity index (χ2n) is 12.6. The number of rotatable bonds is 16. The number of benzene rings is 4. The molecule has 46 heavy (non-hydrogen) atoms. The largest absolute Gasteiger partial charge is 0.256 e. The van der Waals surface area contributed by atoms with Crippen molar-refractivity contribution in [1.82, 2.24) is 10.2 Å². The summed E-state index contributed by atoms with van der Waals surface area (Å²) in [5, 5.41) is 11.6. The SMILES string of the molecule is CCCCc1cc(CCCC)cc(/N=C/c2cccc3c2nnc2c(/C=N/c4cc(CCCC)cc(CCCC)c4)cccc23)c1. The highest BCUT2D eigenvalue weighted by molar-refractivity contribution is 6.12. The summed E-state index contributed by atoms with van der Waals surface area (Å²) in [6.07, 6.45) is 17.9. The molecule has 4 nitrogen and oxygen atoms in total. The van der Waals surface area contributed by atoms with Gasteiger partial charge in [-0.3, -0.25) is 9.98 Å². The second-order valence-corrected chi connectivity index (χ2v) is 12.6. The molecule has 5 aromatic rings. The smallest absolute Gasteiger partial charge is 0.102 e. The van der Waals surface area contributed by atoms with E-state index in [-0.39, 0.29) is 0 Å². The monoisotopic (exact) mass is 610 g/mol. The van der Waals surface area contributed by atoms with E-state index in [9.17, 15) is 0 Å². The molecule has 4 aromatic carbocycles. The zero-order valence-corrected chi connectivity index (χ0v) is 28.4. The van der Waals surface area contributed by atoms with Crippen LogP contribution in [0.4, 0.5) is 11.4 Å². The van der Waals surface area contributed by atoms with E-state index in [1.165, 1.54) is 73.6 Å². The fourth-order valence-electron chi connectivity index (χ4n) is 6.11. The predicted molar refractivity (Wildman–Crippen MR) is 199 cm³/mol. The number of unbranched alkanes of at least 4 members (excludes halogenated alkanes) is 4. The van der Waals surface area contributed by atoms with Gasteiger partial charge in [0.1, 0.15) is 11.0 Å². The number of aryl methyl sites for hydroxylation is 4. The predicted octanol–water partition coefficient (Wildman–Crippen LogP) is 11.7. The van der Waals surface area contributed by atoms with Crippen molar-refractivity contribution in [2.45, 2.75) is 105 Å². The molecule has 1 aromatic heterocycles. The van der Waals surface area contributed by atoms with E-state index < -0.39 is 0 Å². The number of hydrogen-bond acceptors (Lipinski definition) is 4. The molecule has 4 heteroatoms. The van der Waals surface area contributed by atoms with Crippen LogP contribution in [0.2, 0.25) is 0 Å². The zero-order chi connectivity index (χ0) is 32.1. The molecule has 5 rings (SSSR count). The van der Waals surface area contributed by atoms with Crippen LogP contribution >= 0.6 is 0 Å². The maximum Gasteiger partial charge on any atom is 0.102 e. The van der Waals surface area contributed by atoms with Crippen LogP contribution in [-0.2, 0) is 25.7 Å². The average molecular weight is 611 g/mol. The Balaban J connectivity index is 1.46. The van der Waals surface area contributed by atoms with Crippen molar-refractivity contribution in [3.63, 3.8) is 0 Å². The van der Waals surface area contributed by atoms with Crippen LogP contribution in [0.5, 0.6) is 0 Å². The molecule has 0 saturated heterocycles. The van der Waals surface area contributed by atoms with E-state index in [1.54, 1.807) is 0 Å². The van der Waals surface area contributed by atoms with Crippen molar-refractivity contribution >= 4 is 45.6 Å². The lowest BCUT2D eigenvalue weighted by atomic mass is 10.0. The minimum absolute atomic E-state index is 0.866. The lowest BCUT2D eigenvalue weighted by Gasteiger charge is -2.09. The summed E-state index contributed by atoms with van der Waals surface area (Å²) in [6, 6.07) is 26.3. The van der Waals surface area contributed by atoms with E-state index in [2.05, 4.69) is 100 Å². The molecule has 0 atom stereocenters. The normalized spacial score (nSPS) is 11.9. The fourth-order valence-corrected chi connectivity index (χ4v) is 6.11. The molecule has 0 radical (unpaired) electrons. The summed E-state index contributed by atoms with van der Waals surface area (Å²) in [6.45, 7) is 8.99. The van der Waals surface area contributed by atoms with Gasteiger partial charge in [-0.05, 0) is 97.9 Å². The molecule has 1 heterocycles. The maximum atomic E-state index is 4.96. The first kappa shape index (κ1) is 33.2. The summed E-state index contributed by atoms with van der Waals surface area (Å²) < 4.78 is 0. The van der Waals surface area contributed by atoms with Gasteiger partial charge in [-0.25, -0.2) is 0 Å². The molecule has 238 valence electrons. The van der Waals surface area contributed by atoms with Crippen molar-refractivity contribution in [3.05, 3.63) is 106 Å². The molecule has 0 aliphatic rings. The molecule has 0 bridgehead atoms. The van der Waals surface area contributed by atoms with Crippen molar-refractivity contribution < 1.29 is 0 Å². The molecule has 0 aliphatic carbocycles. The highest BCUT2D eigenvalue weighted by Crippen LogP contribution is 2.27. The van der Waals surface area contributed by atoms with Crippen LogP contribution < -0.4 is 0 Å². The van der Waals surface area contributed by atoms with E-state index in [4.69, 9.17) is 20.2 Å². The minimum Gasteiger partial charge on any atom is -0.256 e. The van der Waals surface area contributed by atoms with Crippen molar-refractivity contribution in [3.8, 4) is 0 Å². The number of aromatic nitrogens is 2. The molecule has 0 unspecified atom stereocenters. The van der Waals surface area contributed by atoms with Gasteiger partial charge in [-0.15, -0.1) is 10.2 Å². The van der Waals surface area contributed by atoms with E-state index in [1.807, 2.05) is 12.4 Å². The molecule has 0 saturated carbocycles. The number of aliphatic imine (C=N–C) groups is 2. The van der Waals surface area contributed by atoms with Crippen LogP contribution in [0.15, 0.2) is 82.8 Å². The van der Waals surface area contributed by atoms with E-state index in [0.29, 0.717) is 0 Å². The molecule has 0 spiro atoms. The lowest BCUT2D eigenvalue weighted by Crippen LogP contribution is -1.96. The summed E-state index contributed by atoms with van der Waals surface area (Å²) in [5.41, 5.74) is 11.2. The summed E-state index contributed by atoms with van der Waals surface area (Å²) in [7, 11) is 0. The number of fused-ring (bicyclic) bond motifs is 3. The Bertz CT molecular complexity index is 1610. The first-order chi connectivity index (χ1) is 22.6. The molecular formula is C42H50N4. The van der Waals surface area contributed by atoms with Crippen LogP contribution in [-0.4, -0.2) is 22.6 Å². The highest BCUT2D eigenvalue weighted by atomic mass is 15.1. The standard InChI is InChI=1S/C42H50N4/c1-5-9-15-31-23-32(16-10-6-2)26-37(25-31)43-29-35-19-13-21-39-40-22-14-20-36(42(40)46-45-41(35)39)30-44-38-27-33(17-11-7-3)24-34(28-38)18-12-8-4/h13-14,19-30H,5-12,15-18H2,1-4H3/b43-29+,44-30+. The van der Waals surface area contributed by atoms with Crippen molar-refractivity contribution in [2.75, 3.05) is 0 Å². The average Bonchev–Trinajstić information content (AvgIpc) is 3.09. The van der Waals surface area contributed by atoms with Gasteiger partial charge in [0.25, 0.3) is 0 Å². The molecular weight excluding hydrogens is 560 g/mol. The summed E-state index contributed by atoms with van der Waals surface area (Å²) in [5.74, 6) is 0. The summed E-state index contributed by atoms with van der Waals surface area (Å²) in [4.78, 5) is 9.92. The van der Waals surface area contributed by atoms with Gasteiger partial charge in [-0.1, -0.05) is 102 Å². The third kappa shape index (κ3) is 8.75. The third-order valence-electron chi connectivity index (χ3n) is 8.73. The minimum atomic E-state index is 0.866. The first-order valence-corrected chi connectivity index (χ1v) is 17.6. The fraction of sp³-hybridized carbons (Fsp3) is 0.381. The number of hydrogen-bond donors (Lipinski definition) is 0. The third-order valence-corrected chi connectivity index (χ3v) is 8.73. The molecule has 0 N–H and O–H groups in total. The van der Waals surface area contributed by atoms with Crippen LogP contribution in [0.1, 0.15) is 112 Å². The lowest BCUT2D eigenvalue weighted by molar-refractivity contribution is 0.780. The van der Waals surface area contributed by atoms with Crippen LogP contribution in [0.3, 0.4) is 0 Å². The zero-order valence-electron chi connectivity index (χ0n) is 28.4. The van der Waals surface area contributed by atoms with E-state index in [0.717, 1.165) is 70.0 Å². The Morgan fingerprint density at radius 2 is 0.826 bits per heavy atom. The van der Waals surface area contributed by atoms with Gasteiger partial charge in [0.2, 0.25) is 0 Å². The van der Waals surface area contributed by atoms with Gasteiger partial charge in [-0.2, -0.15) is 0 Å². The Hall–Kier alpha value is -4.18. The highest BCUT2D eigenvalue weighted by Gasteiger charge is 2.10. The van der Waals surface area contributed by atoms with Gasteiger partial charge in [0.15, 0.2) is 0 Å². The van der Waals surface area contributed by atoms with Crippen LogP contribution in [0, 0.1) is 0 Å². The Labute approximate surface area is 276 Å². The van der Waals surface area contributed by atoms with Crippen molar-refractivity contribution in [2.24, 2.45) is 9.98 Å². The molecule has 0 aliphatic heterocycles. The Morgan fingerprint density at radius 1 is 0.478 bits per heavy atom. The van der Waals surface area contributed by atoms with Gasteiger partial charge in [0, 0.05) is 34.3 Å². The summed E-state index contributed by atoms with van der Waals surface area (Å²) >= 11 is 0. The Morgan fingerprint density at radius 3 is 1.15 bits per heavy atom. The van der Waals surface area contributed by atoms with E-state index >= 15 is 0 Å². The molecule has 0 amide bonds. The first-order valence-electron chi connectivity index (χ1n) is 17.6. The quantitative estimate of drug-likeness (QED) is 0.0824. The number of nitrogens with zero attached hydrogens (tertiary/aromatic N) is 4. The van der Waals surface area contributed by atoms with Crippen LogP contribution in [0.25, 0.3) is 21.8 Å². The topological polar surface area (TPSA) is 50.5 Å². The van der Waals surface area contributed by atoms with Crippen molar-refractivity contribution in [1.29, 1.82) is 0 Å². The maximum absolute atomic E-state index is 4.96. The van der Waals surface area contributed by atoms with Gasteiger partial charge in [0.05, 0.1) is 11.4 Å².